The van der Waals surface area contributed by atoms with Gasteiger partial charge in [0.2, 0.25) is 0 Å². The SMILES string of the molecule is CCCCC(CC)C(=O)O.CCO.CCO.CCO.[Ti]. The molecule has 0 saturated heterocycles. The molecule has 0 rings (SSSR count). The maximum Gasteiger partial charge on any atom is 0.306 e. The number of carbonyl (C=O) groups is 1. The Bertz CT molecular complexity index is 141. The Labute approximate surface area is 139 Å². The van der Waals surface area contributed by atoms with Gasteiger partial charge in [0.15, 0.2) is 0 Å². The fraction of sp³-hybridized carbons (Fsp3) is 0.929. The Morgan fingerprint density at radius 1 is 0.900 bits per heavy atom. The van der Waals surface area contributed by atoms with E-state index in [9.17, 15) is 4.79 Å². The zero-order chi connectivity index (χ0) is 16.1. The summed E-state index contributed by atoms with van der Waals surface area (Å²) >= 11 is 0. The Balaban J connectivity index is -0.0000000626. The van der Waals surface area contributed by atoms with Crippen LogP contribution in [0.2, 0.25) is 0 Å². The van der Waals surface area contributed by atoms with Gasteiger partial charge in [0.1, 0.15) is 0 Å². The minimum Gasteiger partial charge on any atom is -0.481 e. The third-order valence-electron chi connectivity index (χ3n) is 1.75. The van der Waals surface area contributed by atoms with E-state index < -0.39 is 5.97 Å². The quantitative estimate of drug-likeness (QED) is 0.580. The summed E-state index contributed by atoms with van der Waals surface area (Å²) in [5.41, 5.74) is 0. The summed E-state index contributed by atoms with van der Waals surface area (Å²) in [7, 11) is 0. The second kappa shape index (κ2) is 36.4. The molecule has 0 aliphatic heterocycles. The normalized spacial score (nSPS) is 9.20. The molecule has 0 aromatic carbocycles. The Hall–Kier alpha value is 0.0643. The first-order chi connectivity index (χ1) is 8.96. The van der Waals surface area contributed by atoms with Crippen molar-refractivity contribution in [2.75, 3.05) is 19.8 Å². The summed E-state index contributed by atoms with van der Waals surface area (Å²) in [6.45, 7) is 9.79. The maximum atomic E-state index is 10.4. The van der Waals surface area contributed by atoms with Gasteiger partial charge in [-0.2, -0.15) is 0 Å². The van der Waals surface area contributed by atoms with Crippen molar-refractivity contribution in [3.8, 4) is 0 Å². The van der Waals surface area contributed by atoms with Crippen LogP contribution in [0.4, 0.5) is 0 Å². The summed E-state index contributed by atoms with van der Waals surface area (Å²) in [6.07, 6.45) is 3.71. The van der Waals surface area contributed by atoms with E-state index in [4.69, 9.17) is 20.4 Å². The van der Waals surface area contributed by atoms with Gasteiger partial charge < -0.3 is 20.4 Å². The summed E-state index contributed by atoms with van der Waals surface area (Å²) in [5, 5.41) is 31.3. The van der Waals surface area contributed by atoms with Crippen LogP contribution < -0.4 is 0 Å². The predicted octanol–water partition coefficient (Wildman–Crippen LogP) is 2.28. The van der Waals surface area contributed by atoms with Crippen LogP contribution in [-0.4, -0.2) is 46.2 Å². The van der Waals surface area contributed by atoms with Gasteiger partial charge in [-0.05, 0) is 33.6 Å². The molecule has 0 aliphatic rings. The summed E-state index contributed by atoms with van der Waals surface area (Å²) in [4.78, 5) is 10.4. The van der Waals surface area contributed by atoms with Gasteiger partial charge in [0, 0.05) is 41.5 Å². The first kappa shape index (κ1) is 32.1. The fourth-order valence-electron chi connectivity index (χ4n) is 0.953. The van der Waals surface area contributed by atoms with Gasteiger partial charge in [-0.3, -0.25) is 4.79 Å². The van der Waals surface area contributed by atoms with Gasteiger partial charge in [-0.15, -0.1) is 0 Å². The molecule has 0 aromatic rings. The molecule has 0 radical (unpaired) electrons. The smallest absolute Gasteiger partial charge is 0.306 e. The molecule has 1 atom stereocenters. The van der Waals surface area contributed by atoms with Crippen LogP contribution >= 0.6 is 0 Å². The number of aliphatic hydroxyl groups is 3. The molecule has 20 heavy (non-hydrogen) atoms. The molecule has 0 saturated carbocycles. The van der Waals surface area contributed by atoms with Crippen molar-refractivity contribution in [3.63, 3.8) is 0 Å². The summed E-state index contributed by atoms with van der Waals surface area (Å²) in [6, 6.07) is 0. The average Bonchev–Trinajstić information content (AvgIpc) is 2.32. The summed E-state index contributed by atoms with van der Waals surface area (Å²) < 4.78 is 0. The Morgan fingerprint density at radius 3 is 1.35 bits per heavy atom. The van der Waals surface area contributed by atoms with Crippen LogP contribution in [0.1, 0.15) is 60.3 Å². The van der Waals surface area contributed by atoms with E-state index in [0.29, 0.717) is 0 Å². The molecule has 1 unspecified atom stereocenters. The van der Waals surface area contributed by atoms with Crippen molar-refractivity contribution in [2.45, 2.75) is 60.3 Å². The second-order valence-corrected chi connectivity index (χ2v) is 3.53. The van der Waals surface area contributed by atoms with Crippen molar-refractivity contribution in [1.82, 2.24) is 0 Å². The zero-order valence-corrected chi connectivity index (χ0v) is 15.3. The van der Waals surface area contributed by atoms with Crippen LogP contribution in [-0.2, 0) is 26.5 Å². The monoisotopic (exact) mass is 330 g/mol. The van der Waals surface area contributed by atoms with E-state index in [1.165, 1.54) is 0 Å². The van der Waals surface area contributed by atoms with Gasteiger partial charge in [-0.25, -0.2) is 0 Å². The third-order valence-corrected chi connectivity index (χ3v) is 1.75. The van der Waals surface area contributed by atoms with Crippen LogP contribution in [0.3, 0.4) is 0 Å². The van der Waals surface area contributed by atoms with E-state index in [1.807, 2.05) is 6.92 Å². The number of rotatable bonds is 5. The average molecular weight is 330 g/mol. The predicted molar refractivity (Wildman–Crippen MR) is 79.2 cm³/mol. The molecule has 0 aromatic heterocycles. The Kier molecular flexibility index (Phi) is 58.6. The van der Waals surface area contributed by atoms with Crippen LogP contribution in [0.25, 0.3) is 0 Å². The van der Waals surface area contributed by atoms with E-state index in [1.54, 1.807) is 20.8 Å². The molecule has 124 valence electrons. The van der Waals surface area contributed by atoms with Gasteiger partial charge in [-0.1, -0.05) is 26.7 Å². The van der Waals surface area contributed by atoms with E-state index in [-0.39, 0.29) is 47.5 Å². The first-order valence-electron chi connectivity index (χ1n) is 7.02. The molecule has 5 nitrogen and oxygen atoms in total. The molecule has 0 fully saturated rings. The minimum atomic E-state index is -0.643. The maximum absolute atomic E-state index is 10.4. The molecule has 0 heterocycles. The van der Waals surface area contributed by atoms with E-state index in [2.05, 4.69) is 6.92 Å². The number of aliphatic hydroxyl groups excluding tert-OH is 3. The molecule has 6 heteroatoms. The number of unbranched alkanes of at least 4 members (excludes halogenated alkanes) is 1. The Morgan fingerprint density at radius 2 is 1.20 bits per heavy atom. The fourth-order valence-corrected chi connectivity index (χ4v) is 0.953. The van der Waals surface area contributed by atoms with Gasteiger partial charge in [0.05, 0.1) is 5.92 Å². The molecule has 4 N–H and O–H groups in total. The van der Waals surface area contributed by atoms with Crippen molar-refractivity contribution in [2.24, 2.45) is 5.92 Å². The van der Waals surface area contributed by atoms with E-state index in [0.717, 1.165) is 25.7 Å². The largest absolute Gasteiger partial charge is 0.481 e. The number of carboxylic acids is 1. The second-order valence-electron chi connectivity index (χ2n) is 3.53. The van der Waals surface area contributed by atoms with Crippen molar-refractivity contribution in [1.29, 1.82) is 0 Å². The molecule has 0 bridgehead atoms. The van der Waals surface area contributed by atoms with Crippen LogP contribution in [0, 0.1) is 5.92 Å². The number of hydrogen-bond donors (Lipinski definition) is 4. The molecular formula is C14H34O5Ti. The zero-order valence-electron chi connectivity index (χ0n) is 13.7. The molecule has 0 amide bonds. The van der Waals surface area contributed by atoms with Crippen LogP contribution in [0.5, 0.6) is 0 Å². The van der Waals surface area contributed by atoms with E-state index >= 15 is 0 Å². The van der Waals surface area contributed by atoms with Gasteiger partial charge >= 0.3 is 5.97 Å². The topological polar surface area (TPSA) is 98.0 Å². The van der Waals surface area contributed by atoms with Gasteiger partial charge in [0.25, 0.3) is 0 Å². The standard InChI is InChI=1S/C8H16O2.3C2H6O.Ti/c1-3-5-6-7(4-2)8(9)10;3*1-2-3;/h7H,3-6H2,1-2H3,(H,9,10);3*3H,2H2,1H3;. The van der Waals surface area contributed by atoms with Crippen molar-refractivity contribution >= 4 is 5.97 Å². The molecule has 0 aliphatic carbocycles. The number of aliphatic carboxylic acids is 1. The third kappa shape index (κ3) is 51.9. The number of carboxylic acid groups (broad SMARTS) is 1. The van der Waals surface area contributed by atoms with Crippen molar-refractivity contribution in [3.05, 3.63) is 0 Å². The van der Waals surface area contributed by atoms with Crippen LogP contribution in [0.15, 0.2) is 0 Å². The first-order valence-corrected chi connectivity index (χ1v) is 7.02. The minimum absolute atomic E-state index is 0. The number of hydrogen-bond acceptors (Lipinski definition) is 4. The van der Waals surface area contributed by atoms with Crippen molar-refractivity contribution < 1.29 is 46.9 Å². The molecule has 0 spiro atoms. The summed E-state index contributed by atoms with van der Waals surface area (Å²) in [5.74, 6) is -0.754. The molecular weight excluding hydrogens is 296 g/mol.